The topological polar surface area (TPSA) is 101 Å². The van der Waals surface area contributed by atoms with E-state index in [1.807, 2.05) is 0 Å². The van der Waals surface area contributed by atoms with Crippen molar-refractivity contribution in [3.05, 3.63) is 66.2 Å². The van der Waals surface area contributed by atoms with Crippen LogP contribution < -0.4 is 0 Å². The van der Waals surface area contributed by atoms with Gasteiger partial charge in [0.15, 0.2) is 0 Å². The second kappa shape index (κ2) is 7.68. The Hall–Kier alpha value is -3.18. The Labute approximate surface area is 166 Å². The van der Waals surface area contributed by atoms with Crippen LogP contribution >= 0.6 is 0 Å². The van der Waals surface area contributed by atoms with Crippen LogP contribution in [0.4, 0.5) is 4.39 Å². The summed E-state index contributed by atoms with van der Waals surface area (Å²) in [5.74, 6) is -0.669. The number of aromatic nitrogens is 4. The van der Waals surface area contributed by atoms with Gasteiger partial charge in [-0.2, -0.15) is 4.31 Å². The van der Waals surface area contributed by atoms with E-state index in [1.165, 1.54) is 27.4 Å². The molecule has 0 atom stereocenters. The molecular weight excluding hydrogens is 399 g/mol. The molecular formula is C18H17FN6O3S. The van der Waals surface area contributed by atoms with Gasteiger partial charge in [0.05, 0.1) is 10.6 Å². The van der Waals surface area contributed by atoms with Crippen molar-refractivity contribution >= 4 is 15.9 Å². The summed E-state index contributed by atoms with van der Waals surface area (Å²) >= 11 is 0. The first-order chi connectivity index (χ1) is 13.9. The standard InChI is InChI=1S/C18H17FN6O3S/c19-15-3-7-17(8-4-15)29(27,28)24-11-9-23(10-12-24)18(26)14-1-5-16(6-2-14)25-13-20-21-22-25/h1-8,13H,9-12H2. The fourth-order valence-corrected chi connectivity index (χ4v) is 4.53. The van der Waals surface area contributed by atoms with Gasteiger partial charge in [-0.1, -0.05) is 0 Å². The third-order valence-electron chi connectivity index (χ3n) is 4.71. The molecule has 0 spiro atoms. The number of hydrogen-bond acceptors (Lipinski definition) is 6. The Morgan fingerprint density at radius 3 is 2.17 bits per heavy atom. The predicted molar refractivity (Wildman–Crippen MR) is 100 cm³/mol. The molecule has 150 valence electrons. The van der Waals surface area contributed by atoms with Crippen molar-refractivity contribution in [1.29, 1.82) is 0 Å². The predicted octanol–water partition coefficient (Wildman–Crippen LogP) is 0.948. The van der Waals surface area contributed by atoms with Crippen molar-refractivity contribution in [2.75, 3.05) is 26.2 Å². The average molecular weight is 416 g/mol. The lowest BCUT2D eigenvalue weighted by molar-refractivity contribution is 0.0698. The highest BCUT2D eigenvalue weighted by atomic mass is 32.2. The van der Waals surface area contributed by atoms with Crippen molar-refractivity contribution < 1.29 is 17.6 Å². The highest BCUT2D eigenvalue weighted by molar-refractivity contribution is 7.89. The minimum atomic E-state index is -3.72. The van der Waals surface area contributed by atoms with Gasteiger partial charge in [0.1, 0.15) is 12.1 Å². The molecule has 2 aromatic carbocycles. The number of carbonyl (C=O) groups is 1. The molecule has 1 aromatic heterocycles. The summed E-state index contributed by atoms with van der Waals surface area (Å²) in [5, 5.41) is 10.9. The minimum Gasteiger partial charge on any atom is -0.336 e. The number of halogens is 1. The SMILES string of the molecule is O=C(c1ccc(-n2cnnn2)cc1)N1CCN(S(=O)(=O)c2ccc(F)cc2)CC1. The molecule has 0 bridgehead atoms. The number of carbonyl (C=O) groups excluding carboxylic acids is 1. The van der Waals surface area contributed by atoms with E-state index >= 15 is 0 Å². The molecule has 1 saturated heterocycles. The fraction of sp³-hybridized carbons (Fsp3) is 0.222. The molecule has 2 heterocycles. The minimum absolute atomic E-state index is 0.0388. The Morgan fingerprint density at radius 2 is 1.59 bits per heavy atom. The first-order valence-corrected chi connectivity index (χ1v) is 10.3. The quantitative estimate of drug-likeness (QED) is 0.628. The summed E-state index contributed by atoms with van der Waals surface area (Å²) in [6.07, 6.45) is 1.46. The lowest BCUT2D eigenvalue weighted by atomic mass is 10.1. The van der Waals surface area contributed by atoms with E-state index < -0.39 is 15.8 Å². The molecule has 29 heavy (non-hydrogen) atoms. The van der Waals surface area contributed by atoms with E-state index in [1.54, 1.807) is 29.2 Å². The molecule has 0 radical (unpaired) electrons. The van der Waals surface area contributed by atoms with Crippen LogP contribution in [-0.4, -0.2) is 69.9 Å². The second-order valence-corrected chi connectivity index (χ2v) is 8.39. The van der Waals surface area contributed by atoms with Gasteiger partial charge < -0.3 is 4.90 Å². The number of benzene rings is 2. The zero-order valence-corrected chi connectivity index (χ0v) is 16.0. The Kier molecular flexibility index (Phi) is 5.07. The van der Waals surface area contributed by atoms with Gasteiger partial charge >= 0.3 is 0 Å². The van der Waals surface area contributed by atoms with Crippen LogP contribution in [0.5, 0.6) is 0 Å². The highest BCUT2D eigenvalue weighted by Gasteiger charge is 2.30. The van der Waals surface area contributed by atoms with E-state index in [0.29, 0.717) is 5.56 Å². The summed E-state index contributed by atoms with van der Waals surface area (Å²) in [6, 6.07) is 11.6. The maximum Gasteiger partial charge on any atom is 0.253 e. The second-order valence-electron chi connectivity index (χ2n) is 6.45. The number of amides is 1. The number of rotatable bonds is 4. The van der Waals surface area contributed by atoms with Gasteiger partial charge in [-0.05, 0) is 59.0 Å². The van der Waals surface area contributed by atoms with Crippen LogP contribution in [0.2, 0.25) is 0 Å². The van der Waals surface area contributed by atoms with Gasteiger partial charge in [-0.3, -0.25) is 4.79 Å². The van der Waals surface area contributed by atoms with Crippen molar-refractivity contribution in [1.82, 2.24) is 29.4 Å². The summed E-state index contributed by atoms with van der Waals surface area (Å²) in [7, 11) is -3.72. The van der Waals surface area contributed by atoms with Gasteiger partial charge in [-0.25, -0.2) is 17.5 Å². The summed E-state index contributed by atoms with van der Waals surface area (Å²) in [6.45, 7) is 0.893. The molecule has 1 amide bonds. The molecule has 0 aliphatic carbocycles. The molecule has 0 saturated carbocycles. The van der Waals surface area contributed by atoms with Crippen molar-refractivity contribution in [3.8, 4) is 5.69 Å². The summed E-state index contributed by atoms with van der Waals surface area (Å²) in [4.78, 5) is 14.4. The molecule has 0 N–H and O–H groups in total. The van der Waals surface area contributed by atoms with Crippen LogP contribution in [0.15, 0.2) is 59.8 Å². The third kappa shape index (κ3) is 3.87. The number of piperazine rings is 1. The highest BCUT2D eigenvalue weighted by Crippen LogP contribution is 2.19. The molecule has 1 aliphatic rings. The normalized spacial score (nSPS) is 15.4. The van der Waals surface area contributed by atoms with Crippen molar-refractivity contribution in [2.24, 2.45) is 0 Å². The van der Waals surface area contributed by atoms with Gasteiger partial charge in [0.2, 0.25) is 10.0 Å². The van der Waals surface area contributed by atoms with E-state index in [2.05, 4.69) is 15.5 Å². The monoisotopic (exact) mass is 416 g/mol. The lowest BCUT2D eigenvalue weighted by Gasteiger charge is -2.34. The van der Waals surface area contributed by atoms with E-state index in [0.717, 1.165) is 17.8 Å². The molecule has 9 nitrogen and oxygen atoms in total. The summed E-state index contributed by atoms with van der Waals surface area (Å²) < 4.78 is 41.2. The maximum atomic E-state index is 13.1. The number of tetrazole rings is 1. The van der Waals surface area contributed by atoms with Crippen LogP contribution in [0.3, 0.4) is 0 Å². The zero-order valence-electron chi connectivity index (χ0n) is 15.2. The fourth-order valence-electron chi connectivity index (χ4n) is 3.11. The molecule has 4 rings (SSSR count). The third-order valence-corrected chi connectivity index (χ3v) is 6.62. The van der Waals surface area contributed by atoms with E-state index in [4.69, 9.17) is 0 Å². The van der Waals surface area contributed by atoms with Crippen LogP contribution in [0, 0.1) is 5.82 Å². The van der Waals surface area contributed by atoms with Gasteiger partial charge in [-0.15, -0.1) is 5.10 Å². The first kappa shape index (κ1) is 19.2. The van der Waals surface area contributed by atoms with E-state index in [9.17, 15) is 17.6 Å². The first-order valence-electron chi connectivity index (χ1n) is 8.83. The molecule has 11 heteroatoms. The maximum absolute atomic E-state index is 13.1. The molecule has 1 fully saturated rings. The molecule has 0 unspecified atom stereocenters. The van der Waals surface area contributed by atoms with Crippen molar-refractivity contribution in [3.63, 3.8) is 0 Å². The molecule has 1 aliphatic heterocycles. The van der Waals surface area contributed by atoms with Gasteiger partial charge in [0, 0.05) is 31.7 Å². The smallest absolute Gasteiger partial charge is 0.253 e. The number of hydrogen-bond donors (Lipinski definition) is 0. The van der Waals surface area contributed by atoms with Crippen LogP contribution in [0.25, 0.3) is 5.69 Å². The Balaban J connectivity index is 1.41. The largest absolute Gasteiger partial charge is 0.336 e. The Bertz CT molecular complexity index is 1090. The lowest BCUT2D eigenvalue weighted by Crippen LogP contribution is -2.50. The Morgan fingerprint density at radius 1 is 0.931 bits per heavy atom. The van der Waals surface area contributed by atoms with Crippen LogP contribution in [0.1, 0.15) is 10.4 Å². The van der Waals surface area contributed by atoms with Crippen molar-refractivity contribution in [2.45, 2.75) is 4.90 Å². The molecule has 3 aromatic rings. The summed E-state index contributed by atoms with van der Waals surface area (Å²) in [5.41, 5.74) is 1.22. The van der Waals surface area contributed by atoms with Crippen LogP contribution in [-0.2, 0) is 10.0 Å². The van der Waals surface area contributed by atoms with Gasteiger partial charge in [0.25, 0.3) is 5.91 Å². The average Bonchev–Trinajstić information content (AvgIpc) is 3.29. The number of sulfonamides is 1. The number of nitrogens with zero attached hydrogens (tertiary/aromatic N) is 6. The van der Waals surface area contributed by atoms with E-state index in [-0.39, 0.29) is 37.0 Å². The zero-order chi connectivity index (χ0) is 20.4.